The number of ketones is 2. The number of carbonyl (C=O) groups excluding carboxylic acids is 2. The van der Waals surface area contributed by atoms with Gasteiger partial charge in [0.05, 0.1) is 10.6 Å². The van der Waals surface area contributed by atoms with Gasteiger partial charge >= 0.3 is 0 Å². The first-order valence-electron chi connectivity index (χ1n) is 3.89. The Hall–Kier alpha value is -1.61. The summed E-state index contributed by atoms with van der Waals surface area (Å²) in [5.41, 5.74) is 0.501. The number of carbonyl (C=O) groups is 2. The lowest BCUT2D eigenvalue weighted by Crippen LogP contribution is -2.19. The Labute approximate surface area is 84.6 Å². The van der Waals surface area contributed by atoms with Crippen molar-refractivity contribution in [2.45, 2.75) is 0 Å². The van der Waals surface area contributed by atoms with E-state index in [4.69, 9.17) is 11.6 Å². The number of halogens is 1. The number of phenolic OH excluding ortho intramolecular Hbond substituents is 1. The molecule has 0 amide bonds. The van der Waals surface area contributed by atoms with Crippen LogP contribution in [0.4, 0.5) is 0 Å². The third-order valence-corrected chi connectivity index (χ3v) is 2.29. The second kappa shape index (κ2) is 2.96. The highest BCUT2D eigenvalue weighted by molar-refractivity contribution is 6.63. The summed E-state index contributed by atoms with van der Waals surface area (Å²) in [7, 11) is 0. The fourth-order valence-corrected chi connectivity index (χ4v) is 1.55. The molecule has 0 aromatic heterocycles. The average molecular weight is 209 g/mol. The Kier molecular flexibility index (Phi) is 1.89. The van der Waals surface area contributed by atoms with Crippen molar-refractivity contribution < 1.29 is 14.7 Å². The molecule has 3 nitrogen and oxygen atoms in total. The third kappa shape index (κ3) is 1.14. The van der Waals surface area contributed by atoms with Gasteiger partial charge < -0.3 is 5.11 Å². The van der Waals surface area contributed by atoms with Gasteiger partial charge in [0.2, 0.25) is 11.6 Å². The zero-order chi connectivity index (χ0) is 10.3. The highest BCUT2D eigenvalue weighted by Gasteiger charge is 2.28. The van der Waals surface area contributed by atoms with Gasteiger partial charge in [-0.15, -0.1) is 0 Å². The molecule has 0 radical (unpaired) electrons. The van der Waals surface area contributed by atoms with E-state index in [-0.39, 0.29) is 16.3 Å². The molecule has 0 heterocycles. The molecule has 0 atom stereocenters. The molecule has 0 aliphatic heterocycles. The van der Waals surface area contributed by atoms with Crippen LogP contribution in [-0.2, 0) is 4.79 Å². The number of phenols is 1. The minimum Gasteiger partial charge on any atom is -0.507 e. The van der Waals surface area contributed by atoms with E-state index in [0.29, 0.717) is 5.56 Å². The second-order valence-corrected chi connectivity index (χ2v) is 3.30. The smallest absolute Gasteiger partial charge is 0.245 e. The van der Waals surface area contributed by atoms with Gasteiger partial charge in [-0.05, 0) is 17.7 Å². The molecule has 1 aromatic rings. The summed E-state index contributed by atoms with van der Waals surface area (Å²) in [6.07, 6.45) is 1.38. The molecule has 0 fully saturated rings. The van der Waals surface area contributed by atoms with Crippen molar-refractivity contribution in [2.75, 3.05) is 0 Å². The molecule has 2 rings (SSSR count). The number of benzene rings is 1. The third-order valence-electron chi connectivity index (χ3n) is 2.01. The number of hydrogen-bond acceptors (Lipinski definition) is 3. The second-order valence-electron chi connectivity index (χ2n) is 2.89. The minimum absolute atomic E-state index is 0.0295. The summed E-state index contributed by atoms with van der Waals surface area (Å²) in [6.45, 7) is 0. The van der Waals surface area contributed by atoms with Crippen molar-refractivity contribution in [1.29, 1.82) is 0 Å². The van der Waals surface area contributed by atoms with E-state index in [1.807, 2.05) is 0 Å². The van der Waals surface area contributed by atoms with Crippen LogP contribution in [0.2, 0.25) is 0 Å². The Bertz CT molecular complexity index is 474. The Balaban J connectivity index is 2.76. The number of fused-ring (bicyclic) bond motifs is 1. The average Bonchev–Trinajstić information content (AvgIpc) is 2.14. The van der Waals surface area contributed by atoms with Crippen LogP contribution in [0.3, 0.4) is 0 Å². The van der Waals surface area contributed by atoms with Gasteiger partial charge in [0.1, 0.15) is 5.75 Å². The molecule has 0 bridgehead atoms. The Morgan fingerprint density at radius 3 is 2.57 bits per heavy atom. The van der Waals surface area contributed by atoms with E-state index in [2.05, 4.69) is 0 Å². The van der Waals surface area contributed by atoms with Crippen molar-refractivity contribution in [3.63, 3.8) is 0 Å². The summed E-state index contributed by atoms with van der Waals surface area (Å²) in [5, 5.41) is 9.27. The maximum atomic E-state index is 11.4. The molecule has 1 N–H and O–H groups in total. The molecule has 0 saturated carbocycles. The van der Waals surface area contributed by atoms with E-state index in [0.717, 1.165) is 0 Å². The molecule has 0 spiro atoms. The van der Waals surface area contributed by atoms with E-state index in [9.17, 15) is 14.7 Å². The molecule has 4 heteroatoms. The fourth-order valence-electron chi connectivity index (χ4n) is 1.35. The highest BCUT2D eigenvalue weighted by atomic mass is 35.5. The number of hydrogen-bond donors (Lipinski definition) is 1. The van der Waals surface area contributed by atoms with Gasteiger partial charge in [0, 0.05) is 0 Å². The summed E-state index contributed by atoms with van der Waals surface area (Å²) in [6, 6.07) is 4.55. The summed E-state index contributed by atoms with van der Waals surface area (Å²) in [5.74, 6) is -1.73. The molecule has 0 saturated heterocycles. The summed E-state index contributed by atoms with van der Waals surface area (Å²) in [4.78, 5) is 22.6. The van der Waals surface area contributed by atoms with E-state index in [1.54, 1.807) is 12.1 Å². The monoisotopic (exact) mass is 208 g/mol. The van der Waals surface area contributed by atoms with Crippen LogP contribution in [0, 0.1) is 0 Å². The maximum Gasteiger partial charge on any atom is 0.245 e. The summed E-state index contributed by atoms with van der Waals surface area (Å²) < 4.78 is 0. The van der Waals surface area contributed by atoms with Gasteiger partial charge in [-0.3, -0.25) is 9.59 Å². The topological polar surface area (TPSA) is 54.4 Å². The van der Waals surface area contributed by atoms with Crippen molar-refractivity contribution in [1.82, 2.24) is 0 Å². The van der Waals surface area contributed by atoms with E-state index >= 15 is 0 Å². The fraction of sp³-hybridized carbons (Fsp3) is 0. The van der Waals surface area contributed by atoms with Crippen molar-refractivity contribution in [2.24, 2.45) is 0 Å². The van der Waals surface area contributed by atoms with Crippen molar-refractivity contribution in [3.8, 4) is 5.75 Å². The number of Topliss-reactive ketones (excluding diaryl/α,β-unsaturated/α-hetero) is 2. The molecule has 0 unspecified atom stereocenters. The van der Waals surface area contributed by atoms with Crippen LogP contribution in [0.25, 0.3) is 6.08 Å². The molecule has 70 valence electrons. The van der Waals surface area contributed by atoms with Gasteiger partial charge in [-0.25, -0.2) is 0 Å². The van der Waals surface area contributed by atoms with Gasteiger partial charge in [-0.2, -0.15) is 0 Å². The van der Waals surface area contributed by atoms with Crippen LogP contribution in [0.1, 0.15) is 15.9 Å². The maximum absolute atomic E-state index is 11.4. The standard InChI is InChI=1S/C10H5ClO3/c11-6-4-5-2-1-3-7(12)8(5)10(14)9(6)13/h1-4,12H. The lowest BCUT2D eigenvalue weighted by atomic mass is 9.94. The van der Waals surface area contributed by atoms with Crippen LogP contribution in [0.5, 0.6) is 5.75 Å². The first-order valence-corrected chi connectivity index (χ1v) is 4.27. The molecule has 14 heavy (non-hydrogen) atoms. The van der Waals surface area contributed by atoms with Gasteiger partial charge in [0.25, 0.3) is 0 Å². The van der Waals surface area contributed by atoms with Gasteiger partial charge in [-0.1, -0.05) is 23.7 Å². The molecular formula is C10H5ClO3. The van der Waals surface area contributed by atoms with Gasteiger partial charge in [0.15, 0.2) is 0 Å². The Morgan fingerprint density at radius 1 is 1.14 bits per heavy atom. The summed E-state index contributed by atoms with van der Waals surface area (Å²) >= 11 is 5.55. The molecule has 1 aliphatic rings. The predicted molar refractivity (Wildman–Crippen MR) is 51.3 cm³/mol. The SMILES string of the molecule is O=C1C(=O)c2c(O)cccc2C=C1Cl. The number of allylic oxidation sites excluding steroid dienone is 1. The highest BCUT2D eigenvalue weighted by Crippen LogP contribution is 2.29. The zero-order valence-corrected chi connectivity index (χ0v) is 7.71. The van der Waals surface area contributed by atoms with Crippen LogP contribution in [0.15, 0.2) is 23.2 Å². The normalized spacial score (nSPS) is 15.1. The zero-order valence-electron chi connectivity index (χ0n) is 6.95. The van der Waals surface area contributed by atoms with Crippen LogP contribution >= 0.6 is 11.6 Å². The largest absolute Gasteiger partial charge is 0.507 e. The number of aromatic hydroxyl groups is 1. The minimum atomic E-state index is -0.777. The van der Waals surface area contributed by atoms with Crippen molar-refractivity contribution in [3.05, 3.63) is 34.4 Å². The van der Waals surface area contributed by atoms with E-state index < -0.39 is 11.6 Å². The lowest BCUT2D eigenvalue weighted by Gasteiger charge is -2.11. The Morgan fingerprint density at radius 2 is 1.86 bits per heavy atom. The first kappa shape index (κ1) is 8.97. The molecular weight excluding hydrogens is 204 g/mol. The van der Waals surface area contributed by atoms with Crippen molar-refractivity contribution >= 4 is 29.2 Å². The lowest BCUT2D eigenvalue weighted by molar-refractivity contribution is -0.111. The van der Waals surface area contributed by atoms with Crippen LogP contribution in [-0.4, -0.2) is 16.7 Å². The molecule has 1 aromatic carbocycles. The van der Waals surface area contributed by atoms with E-state index in [1.165, 1.54) is 12.1 Å². The quantitative estimate of drug-likeness (QED) is 0.661. The number of rotatable bonds is 0. The predicted octanol–water partition coefficient (Wildman–Crippen LogP) is 1.74. The first-order chi connectivity index (χ1) is 6.61. The van der Waals surface area contributed by atoms with Crippen LogP contribution < -0.4 is 0 Å². The molecule has 1 aliphatic carbocycles.